The molecule has 1 aliphatic heterocycles. The zero-order valence-electron chi connectivity index (χ0n) is 21.6. The van der Waals surface area contributed by atoms with Gasteiger partial charge in [-0.1, -0.05) is 36.7 Å². The van der Waals surface area contributed by atoms with E-state index in [9.17, 15) is 18.0 Å². The number of aromatic nitrogens is 2. The number of piperidine rings is 1. The summed E-state index contributed by atoms with van der Waals surface area (Å²) in [6.45, 7) is 3.27. The molecule has 40 heavy (non-hydrogen) atoms. The molecule has 0 saturated carbocycles. The van der Waals surface area contributed by atoms with Crippen LogP contribution in [0.3, 0.4) is 0 Å². The number of halogens is 5. The fourth-order valence-corrected chi connectivity index (χ4v) is 5.29. The number of hydrogen-bond acceptors (Lipinski definition) is 4. The normalized spacial score (nSPS) is 14.5. The maximum absolute atomic E-state index is 15.1. The molecule has 2 aromatic carbocycles. The Hall–Kier alpha value is -3.79. The molecule has 1 aliphatic rings. The smallest absolute Gasteiger partial charge is 0.406 e. The second-order valence-corrected chi connectivity index (χ2v) is 10.1. The van der Waals surface area contributed by atoms with Crippen LogP contribution in [0, 0.1) is 5.82 Å². The second-order valence-electron chi connectivity index (χ2n) is 9.68. The number of ether oxygens (including phenoxy) is 1. The number of benzene rings is 2. The average Bonchev–Trinajstić information content (AvgIpc) is 3.29. The fraction of sp³-hybridized carbons (Fsp3) is 0.310. The van der Waals surface area contributed by atoms with Crippen molar-refractivity contribution < 1.29 is 27.1 Å². The quantitative estimate of drug-likeness (QED) is 0.244. The van der Waals surface area contributed by atoms with E-state index in [-0.39, 0.29) is 29.9 Å². The van der Waals surface area contributed by atoms with Gasteiger partial charge in [0.05, 0.1) is 16.4 Å². The van der Waals surface area contributed by atoms with E-state index in [1.165, 1.54) is 18.2 Å². The van der Waals surface area contributed by atoms with Gasteiger partial charge >= 0.3 is 6.36 Å². The Kier molecular flexibility index (Phi) is 7.89. The summed E-state index contributed by atoms with van der Waals surface area (Å²) < 4.78 is 57.9. The first kappa shape index (κ1) is 27.8. The molecule has 4 aromatic rings. The third-order valence-electron chi connectivity index (χ3n) is 7.09. The van der Waals surface area contributed by atoms with Crippen LogP contribution < -0.4 is 15.0 Å². The number of carbonyl (C=O) groups is 1. The largest absolute Gasteiger partial charge is 0.573 e. The number of nitrogens with zero attached hydrogens (tertiary/aromatic N) is 3. The highest BCUT2D eigenvalue weighted by Gasteiger charge is 2.31. The molecule has 1 fully saturated rings. The molecule has 0 unspecified atom stereocenters. The lowest BCUT2D eigenvalue weighted by Crippen LogP contribution is -2.33. The molecule has 0 bridgehead atoms. The molecule has 5 rings (SSSR count). The lowest BCUT2D eigenvalue weighted by Gasteiger charge is -2.34. The van der Waals surface area contributed by atoms with Crippen molar-refractivity contribution in [3.05, 3.63) is 94.1 Å². The average molecular weight is 575 g/mol. The molecular weight excluding hydrogens is 548 g/mol. The number of fused-ring (bicyclic) bond motifs is 1. The summed E-state index contributed by atoms with van der Waals surface area (Å²) in [5.41, 5.74) is 3.71. The number of rotatable bonds is 7. The van der Waals surface area contributed by atoms with E-state index in [1.807, 2.05) is 11.8 Å². The Balaban J connectivity index is 1.19. The Morgan fingerprint density at radius 3 is 2.48 bits per heavy atom. The van der Waals surface area contributed by atoms with Crippen molar-refractivity contribution in [2.75, 3.05) is 18.0 Å². The molecule has 0 spiro atoms. The number of anilines is 1. The van der Waals surface area contributed by atoms with Crippen LogP contribution in [0.25, 0.3) is 5.65 Å². The third-order valence-corrected chi connectivity index (χ3v) is 7.31. The van der Waals surface area contributed by atoms with Gasteiger partial charge in [0.25, 0.3) is 5.91 Å². The van der Waals surface area contributed by atoms with Gasteiger partial charge < -0.3 is 15.0 Å². The Morgan fingerprint density at radius 2 is 1.82 bits per heavy atom. The monoisotopic (exact) mass is 574 g/mol. The van der Waals surface area contributed by atoms with Crippen molar-refractivity contribution in [3.8, 4) is 5.75 Å². The maximum Gasteiger partial charge on any atom is 0.573 e. The van der Waals surface area contributed by atoms with Crippen LogP contribution in [0.4, 0.5) is 23.2 Å². The topological polar surface area (TPSA) is 58.9 Å². The van der Waals surface area contributed by atoms with E-state index in [1.54, 1.807) is 47.0 Å². The van der Waals surface area contributed by atoms with Gasteiger partial charge in [0, 0.05) is 25.8 Å². The van der Waals surface area contributed by atoms with E-state index in [0.29, 0.717) is 52.8 Å². The third kappa shape index (κ3) is 6.17. The van der Waals surface area contributed by atoms with Gasteiger partial charge in [0.15, 0.2) is 0 Å². The van der Waals surface area contributed by atoms with E-state index < -0.39 is 6.36 Å². The number of hydrogen-bond donors (Lipinski definition) is 1. The summed E-state index contributed by atoms with van der Waals surface area (Å²) in [7, 11) is 0. The number of aryl methyl sites for hydroxylation is 1. The van der Waals surface area contributed by atoms with E-state index >= 15 is 4.39 Å². The highest BCUT2D eigenvalue weighted by molar-refractivity contribution is 6.30. The van der Waals surface area contributed by atoms with E-state index in [0.717, 1.165) is 18.4 Å². The van der Waals surface area contributed by atoms with Crippen molar-refractivity contribution in [3.63, 3.8) is 0 Å². The summed E-state index contributed by atoms with van der Waals surface area (Å²) in [6, 6.07) is 14.3. The minimum atomic E-state index is -4.72. The molecule has 0 radical (unpaired) electrons. The van der Waals surface area contributed by atoms with Crippen LogP contribution in [0.15, 0.2) is 60.8 Å². The van der Waals surface area contributed by atoms with E-state index in [4.69, 9.17) is 11.6 Å². The van der Waals surface area contributed by atoms with Crippen molar-refractivity contribution in [1.29, 1.82) is 0 Å². The van der Waals surface area contributed by atoms with Gasteiger partial charge in [-0.2, -0.15) is 0 Å². The van der Waals surface area contributed by atoms with Gasteiger partial charge in [-0.25, -0.2) is 9.37 Å². The van der Waals surface area contributed by atoms with E-state index in [2.05, 4.69) is 15.0 Å². The lowest BCUT2D eigenvalue weighted by molar-refractivity contribution is -0.274. The molecule has 210 valence electrons. The summed E-state index contributed by atoms with van der Waals surface area (Å²) in [5, 5.41) is 3.34. The summed E-state index contributed by atoms with van der Waals surface area (Å²) >= 11 is 6.12. The Bertz CT molecular complexity index is 1510. The maximum atomic E-state index is 15.1. The second kappa shape index (κ2) is 11.4. The molecule has 3 heterocycles. The number of nitrogens with one attached hydrogen (secondary N) is 1. The molecule has 0 atom stereocenters. The van der Waals surface area contributed by atoms with Crippen LogP contribution in [0.1, 0.15) is 53.0 Å². The molecule has 2 aromatic heterocycles. The fourth-order valence-electron chi connectivity index (χ4n) is 5.13. The molecule has 6 nitrogen and oxygen atoms in total. The Labute approximate surface area is 233 Å². The van der Waals surface area contributed by atoms with Crippen LogP contribution in [0.5, 0.6) is 5.75 Å². The molecule has 1 saturated heterocycles. The first-order valence-corrected chi connectivity index (χ1v) is 13.3. The summed E-state index contributed by atoms with van der Waals surface area (Å²) in [5.74, 6) is -0.789. The van der Waals surface area contributed by atoms with Crippen LogP contribution in [-0.2, 0) is 13.0 Å². The van der Waals surface area contributed by atoms with Gasteiger partial charge in [-0.15, -0.1) is 13.2 Å². The summed E-state index contributed by atoms with van der Waals surface area (Å²) in [6.07, 6.45) is -1.03. The SMILES string of the molecule is CCc1nc2ccc(Cl)cn2c1C(=O)NCc1ccc(N2CCC(c3ccc(OC(F)(F)F)cc3)CC2)c(F)c1. The first-order valence-electron chi connectivity index (χ1n) is 12.9. The highest BCUT2D eigenvalue weighted by Crippen LogP contribution is 2.33. The van der Waals surface area contributed by atoms with Crippen molar-refractivity contribution in [2.24, 2.45) is 0 Å². The zero-order chi connectivity index (χ0) is 28.4. The Morgan fingerprint density at radius 1 is 1.10 bits per heavy atom. The minimum absolute atomic E-state index is 0.142. The first-order chi connectivity index (χ1) is 19.1. The number of amides is 1. The van der Waals surface area contributed by atoms with Gasteiger partial charge in [-0.3, -0.25) is 9.20 Å². The van der Waals surface area contributed by atoms with Gasteiger partial charge in [-0.05, 0) is 72.7 Å². The molecule has 11 heteroatoms. The number of pyridine rings is 1. The van der Waals surface area contributed by atoms with Gasteiger partial charge in [0.1, 0.15) is 22.9 Å². The molecular formula is C29H27ClF4N4O2. The standard InChI is InChI=1S/C29H27ClF4N4O2/c1-2-24-27(38-17-21(30)6-10-26(38)36-24)28(39)35-16-18-3-9-25(23(31)15-18)37-13-11-20(12-14-37)19-4-7-22(8-5-19)40-29(32,33)34/h3-10,15,17,20H,2,11-14,16H2,1H3,(H,35,39). The van der Waals surface area contributed by atoms with Crippen molar-refractivity contribution in [1.82, 2.24) is 14.7 Å². The number of carbonyl (C=O) groups excluding carboxylic acids is 1. The van der Waals surface area contributed by atoms with Gasteiger partial charge in [0.2, 0.25) is 0 Å². The predicted molar refractivity (Wildman–Crippen MR) is 144 cm³/mol. The number of imidazole rings is 1. The highest BCUT2D eigenvalue weighted by atomic mass is 35.5. The molecule has 0 aliphatic carbocycles. The predicted octanol–water partition coefficient (Wildman–Crippen LogP) is 6.90. The number of alkyl halides is 3. The van der Waals surface area contributed by atoms with Crippen LogP contribution in [-0.4, -0.2) is 34.7 Å². The molecule has 1 amide bonds. The lowest BCUT2D eigenvalue weighted by atomic mass is 9.89. The minimum Gasteiger partial charge on any atom is -0.406 e. The van der Waals surface area contributed by atoms with Crippen molar-refractivity contribution in [2.45, 2.75) is 45.0 Å². The van der Waals surface area contributed by atoms with Crippen LogP contribution in [0.2, 0.25) is 5.02 Å². The molecule has 1 N–H and O–H groups in total. The van der Waals surface area contributed by atoms with Crippen molar-refractivity contribution >= 4 is 28.8 Å². The summed E-state index contributed by atoms with van der Waals surface area (Å²) in [4.78, 5) is 19.5. The zero-order valence-corrected chi connectivity index (χ0v) is 22.4. The van der Waals surface area contributed by atoms with Crippen LogP contribution >= 0.6 is 11.6 Å².